The molecule has 2 heterocycles. The van der Waals surface area contributed by atoms with Crippen molar-refractivity contribution < 1.29 is 43.1 Å². The molecule has 5 aromatic rings. The van der Waals surface area contributed by atoms with Gasteiger partial charge >= 0.3 is 0 Å². The standard InChI is InChI=1S/C17H25ClN2O3.C16H23ClN2O2.C16H24N2O2.C6H5ClN2O.C6H6N2O/c1-5-20(6-2)9-7-8-16(22)13-10-14(18)15(19-12(3)21)11-17(13)23-4;1-4-19(5-2)10-6-7-16(21)13-8-9-15(14(17)11-13)18-12(3)20;1-4-18(5-2)12-6-7-16(20)14-8-10-15(11-9-14)17-13(3)19;7-5-2-1-4(3-9-5)6(8)10;7-6(9)5-2-1-3-8-4-5/h10-11H,5-9H2,1-4H3,(H,19,21);8-9,11H,4-7,10H2,1-3H3,(H,18,20);8-11H,4-7,12H2,1-3H3,(H,17,19);1-3H,(H2,8,10);1-4H,(H2,7,9). The van der Waals surface area contributed by atoms with Gasteiger partial charge in [0.25, 0.3) is 0 Å². The van der Waals surface area contributed by atoms with E-state index < -0.39 is 11.8 Å². The van der Waals surface area contributed by atoms with Crippen LogP contribution in [0, 0.1) is 0 Å². The molecular weight excluding hydrogens is 1120 g/mol. The Morgan fingerprint density at radius 2 is 0.940 bits per heavy atom. The summed E-state index contributed by atoms with van der Waals surface area (Å²) in [4.78, 5) is 105. The van der Waals surface area contributed by atoms with Crippen molar-refractivity contribution in [1.82, 2.24) is 24.7 Å². The Morgan fingerprint density at radius 1 is 0.506 bits per heavy atom. The highest BCUT2D eigenvalue weighted by atomic mass is 35.5. The van der Waals surface area contributed by atoms with Gasteiger partial charge < -0.3 is 46.9 Å². The van der Waals surface area contributed by atoms with E-state index in [-0.39, 0.29) is 35.1 Å². The number of carbonyl (C=O) groups excluding carboxylic acids is 8. The summed E-state index contributed by atoms with van der Waals surface area (Å²) >= 11 is 17.7. The van der Waals surface area contributed by atoms with Crippen LogP contribution in [0.15, 0.2) is 97.5 Å². The zero-order valence-corrected chi connectivity index (χ0v) is 51.8. The van der Waals surface area contributed by atoms with Gasteiger partial charge in [-0.3, -0.25) is 43.3 Å². The summed E-state index contributed by atoms with van der Waals surface area (Å²) in [7, 11) is 1.49. The zero-order valence-electron chi connectivity index (χ0n) is 49.5. The number of benzene rings is 3. The normalized spacial score (nSPS) is 10.3. The van der Waals surface area contributed by atoms with Crippen LogP contribution in [-0.2, 0) is 14.4 Å². The van der Waals surface area contributed by atoms with Crippen LogP contribution >= 0.6 is 34.8 Å². The summed E-state index contributed by atoms with van der Waals surface area (Å²) in [6, 6.07) is 21.5. The lowest BCUT2D eigenvalue weighted by molar-refractivity contribution is -0.115. The number of hydrogen-bond acceptors (Lipinski definition) is 14. The van der Waals surface area contributed by atoms with Crippen LogP contribution < -0.4 is 32.2 Å². The number of hydrogen-bond donors (Lipinski definition) is 5. The Kier molecular flexibility index (Phi) is 37.2. The van der Waals surface area contributed by atoms with Crippen molar-refractivity contribution in [2.75, 3.05) is 82.0 Å². The predicted molar refractivity (Wildman–Crippen MR) is 333 cm³/mol. The summed E-state index contributed by atoms with van der Waals surface area (Å²) in [6.07, 6.45) is 8.37. The van der Waals surface area contributed by atoms with Gasteiger partial charge in [-0.25, -0.2) is 4.98 Å². The quantitative estimate of drug-likeness (QED) is 0.0242. The number of carbonyl (C=O) groups is 8. The number of ether oxygens (including phenoxy) is 1. The number of nitrogens with two attached hydrogens (primary N) is 2. The SMILES string of the molecule is CCN(CC)CCCC(=O)c1cc(Cl)c(NC(C)=O)cc1OC.CCN(CC)CCCC(=O)c1ccc(NC(C)=O)c(Cl)c1.CCN(CC)CCCC(=O)c1ccc(NC(C)=O)cc1.NC(=O)c1ccc(Cl)nc1.NC(=O)c1cccnc1. The molecule has 452 valence electrons. The number of halogens is 3. The molecule has 0 aliphatic carbocycles. The van der Waals surface area contributed by atoms with Gasteiger partial charge in [0, 0.05) is 81.5 Å². The van der Waals surface area contributed by atoms with Crippen molar-refractivity contribution in [3.05, 3.63) is 140 Å². The molecule has 22 heteroatoms. The second kappa shape index (κ2) is 41.8. The van der Waals surface area contributed by atoms with E-state index >= 15 is 0 Å². The largest absolute Gasteiger partial charge is 0.496 e. The summed E-state index contributed by atoms with van der Waals surface area (Å²) in [5.74, 6) is -0.806. The third kappa shape index (κ3) is 30.7. The minimum absolute atomic E-state index is 0.00900. The van der Waals surface area contributed by atoms with Gasteiger partial charge in [-0.2, -0.15) is 0 Å². The molecule has 2 aromatic heterocycles. The number of aromatic nitrogens is 2. The first kappa shape index (κ1) is 73.9. The molecule has 0 saturated heterocycles. The Labute approximate surface area is 504 Å². The number of methoxy groups -OCH3 is 1. The number of ketones is 3. The van der Waals surface area contributed by atoms with Crippen LogP contribution in [0.4, 0.5) is 17.1 Å². The van der Waals surface area contributed by atoms with E-state index in [1.54, 1.807) is 72.9 Å². The number of nitrogens with zero attached hydrogens (tertiary/aromatic N) is 5. The van der Waals surface area contributed by atoms with Crippen LogP contribution in [0.25, 0.3) is 0 Å². The average Bonchev–Trinajstić information content (AvgIpc) is 3.47. The Balaban J connectivity index is 0.000000539. The Bertz CT molecular complexity index is 2810. The second-order valence-corrected chi connectivity index (χ2v) is 19.6. The number of pyridine rings is 2. The molecule has 0 unspecified atom stereocenters. The van der Waals surface area contributed by atoms with Crippen LogP contribution in [0.3, 0.4) is 0 Å². The fraction of sp³-hybridized carbons (Fsp3) is 0.410. The smallest absolute Gasteiger partial charge is 0.250 e. The van der Waals surface area contributed by atoms with E-state index in [4.69, 9.17) is 51.0 Å². The van der Waals surface area contributed by atoms with Crippen molar-refractivity contribution >= 4 is 98.8 Å². The fourth-order valence-electron chi connectivity index (χ4n) is 7.61. The van der Waals surface area contributed by atoms with Gasteiger partial charge in [-0.1, -0.05) is 76.3 Å². The van der Waals surface area contributed by atoms with Crippen molar-refractivity contribution in [1.29, 1.82) is 0 Å². The maximum Gasteiger partial charge on any atom is 0.250 e. The van der Waals surface area contributed by atoms with Gasteiger partial charge in [0.1, 0.15) is 10.9 Å². The van der Waals surface area contributed by atoms with Crippen molar-refractivity contribution in [2.24, 2.45) is 11.5 Å². The maximum absolute atomic E-state index is 12.4. The molecule has 0 aliphatic heterocycles. The number of Topliss-reactive ketones (excluding diaryl/α,β-unsaturated/α-hetero) is 3. The monoisotopic (exact) mass is 1200 g/mol. The number of rotatable bonds is 27. The number of nitrogens with one attached hydrogen (secondary N) is 3. The van der Waals surface area contributed by atoms with Crippen LogP contribution in [0.2, 0.25) is 15.2 Å². The minimum Gasteiger partial charge on any atom is -0.496 e. The molecule has 7 N–H and O–H groups in total. The molecule has 83 heavy (non-hydrogen) atoms. The summed E-state index contributed by atoms with van der Waals surface area (Å²) in [5.41, 5.74) is 14.1. The molecule has 0 spiro atoms. The van der Waals surface area contributed by atoms with E-state index in [1.807, 2.05) is 0 Å². The molecule has 0 atom stereocenters. The molecule has 0 radical (unpaired) electrons. The number of anilines is 3. The van der Waals surface area contributed by atoms with Gasteiger partial charge in [0.15, 0.2) is 17.3 Å². The summed E-state index contributed by atoms with van der Waals surface area (Å²) < 4.78 is 5.27. The van der Waals surface area contributed by atoms with E-state index in [0.717, 1.165) is 83.9 Å². The van der Waals surface area contributed by atoms with Crippen LogP contribution in [0.1, 0.15) is 153 Å². The molecule has 0 fully saturated rings. The molecule has 19 nitrogen and oxygen atoms in total. The molecule has 5 amide bonds. The maximum atomic E-state index is 12.4. The van der Waals surface area contributed by atoms with E-state index in [0.29, 0.717) is 79.4 Å². The molecule has 0 bridgehead atoms. The summed E-state index contributed by atoms with van der Waals surface area (Å²) in [6.45, 7) is 25.8. The molecule has 0 aliphatic rings. The second-order valence-electron chi connectivity index (χ2n) is 18.3. The topological polar surface area (TPSA) is 269 Å². The van der Waals surface area contributed by atoms with Gasteiger partial charge in [0.05, 0.1) is 45.2 Å². The molecule has 0 saturated carbocycles. The van der Waals surface area contributed by atoms with Crippen LogP contribution in [0.5, 0.6) is 5.75 Å². The van der Waals surface area contributed by atoms with Gasteiger partial charge in [-0.05, 0) is 151 Å². The van der Waals surface area contributed by atoms with Crippen molar-refractivity contribution in [3.8, 4) is 5.75 Å². The number of amides is 5. The third-order valence-electron chi connectivity index (χ3n) is 12.3. The van der Waals surface area contributed by atoms with Crippen molar-refractivity contribution in [2.45, 2.75) is 101 Å². The summed E-state index contributed by atoms with van der Waals surface area (Å²) in [5, 5.41) is 9.00. The predicted octanol–water partition coefficient (Wildman–Crippen LogP) is 11.2. The molecule has 3 aromatic carbocycles. The first-order chi connectivity index (χ1) is 39.5. The van der Waals surface area contributed by atoms with Gasteiger partial charge in [-0.15, -0.1) is 0 Å². The lowest BCUT2D eigenvalue weighted by Gasteiger charge is -2.17. The van der Waals surface area contributed by atoms with E-state index in [1.165, 1.54) is 52.4 Å². The first-order valence-electron chi connectivity index (χ1n) is 27.4. The Hall–Kier alpha value is -7.13. The van der Waals surface area contributed by atoms with Crippen LogP contribution in [-0.4, -0.2) is 138 Å². The highest BCUT2D eigenvalue weighted by molar-refractivity contribution is 6.34. The zero-order chi connectivity index (χ0) is 62.4. The third-order valence-corrected chi connectivity index (χ3v) is 13.2. The highest BCUT2D eigenvalue weighted by Crippen LogP contribution is 2.32. The number of primary amides is 2. The first-order valence-corrected chi connectivity index (χ1v) is 28.6. The van der Waals surface area contributed by atoms with E-state index in [9.17, 15) is 38.4 Å². The Morgan fingerprint density at radius 3 is 1.34 bits per heavy atom. The molecular formula is C61H83Cl3N10O9. The lowest BCUT2D eigenvalue weighted by atomic mass is 10.0. The molecule has 5 rings (SSSR count). The lowest BCUT2D eigenvalue weighted by Crippen LogP contribution is -2.24. The fourth-order valence-corrected chi connectivity index (χ4v) is 8.16. The average molecular weight is 1210 g/mol. The van der Waals surface area contributed by atoms with Gasteiger partial charge in [0.2, 0.25) is 29.5 Å². The van der Waals surface area contributed by atoms with E-state index in [2.05, 4.69) is 82.2 Å². The highest BCUT2D eigenvalue weighted by Gasteiger charge is 2.17. The van der Waals surface area contributed by atoms with Crippen molar-refractivity contribution in [3.63, 3.8) is 0 Å². The minimum atomic E-state index is -0.496.